The van der Waals surface area contributed by atoms with Gasteiger partial charge >= 0.3 is 0 Å². The molecule has 1 aliphatic rings. The topological polar surface area (TPSA) is 81.0 Å². The minimum absolute atomic E-state index is 0.111. The van der Waals surface area contributed by atoms with Gasteiger partial charge in [-0.05, 0) is 43.2 Å². The quantitative estimate of drug-likeness (QED) is 0.579. The summed E-state index contributed by atoms with van der Waals surface area (Å²) in [4.78, 5) is 29.7. The number of hydrogen-bond donors (Lipinski definition) is 0. The van der Waals surface area contributed by atoms with Gasteiger partial charge in [0.05, 0.1) is 11.4 Å². The highest BCUT2D eigenvalue weighted by atomic mass is 35.5. The second-order valence-corrected chi connectivity index (χ2v) is 7.94. The number of rotatable bonds is 5. The molecule has 3 heterocycles. The summed E-state index contributed by atoms with van der Waals surface area (Å²) in [6.45, 7) is 2.41. The Labute approximate surface area is 177 Å². The SMILES string of the molecule is Cc1c(Cl)cccc1-n1c(SCC(=O)N2CCCC2=O)nnc1-c1ccncc1. The first kappa shape index (κ1) is 19.6. The molecule has 29 heavy (non-hydrogen) atoms. The number of hydrogen-bond acceptors (Lipinski definition) is 6. The molecule has 1 saturated heterocycles. The smallest absolute Gasteiger partial charge is 0.239 e. The van der Waals surface area contributed by atoms with E-state index in [0.717, 1.165) is 23.2 Å². The summed E-state index contributed by atoms with van der Waals surface area (Å²) in [5, 5.41) is 9.86. The Morgan fingerprint density at radius 2 is 2.00 bits per heavy atom. The average Bonchev–Trinajstić information content (AvgIpc) is 3.35. The Morgan fingerprint density at radius 1 is 1.21 bits per heavy atom. The molecule has 0 bridgehead atoms. The predicted molar refractivity (Wildman–Crippen MR) is 111 cm³/mol. The van der Waals surface area contributed by atoms with Gasteiger partial charge in [-0.1, -0.05) is 29.4 Å². The van der Waals surface area contributed by atoms with Crippen LogP contribution in [0.2, 0.25) is 5.02 Å². The van der Waals surface area contributed by atoms with Gasteiger partial charge in [-0.2, -0.15) is 0 Å². The van der Waals surface area contributed by atoms with Crippen LogP contribution in [0.1, 0.15) is 18.4 Å². The average molecular weight is 428 g/mol. The molecule has 0 saturated carbocycles. The molecule has 1 aliphatic heterocycles. The highest BCUT2D eigenvalue weighted by molar-refractivity contribution is 7.99. The molecule has 0 atom stereocenters. The van der Waals surface area contributed by atoms with Crippen molar-refractivity contribution >= 4 is 35.2 Å². The molecule has 4 rings (SSSR count). The van der Waals surface area contributed by atoms with Gasteiger partial charge in [-0.3, -0.25) is 24.0 Å². The fourth-order valence-electron chi connectivity index (χ4n) is 3.22. The van der Waals surface area contributed by atoms with E-state index < -0.39 is 0 Å². The first-order chi connectivity index (χ1) is 14.1. The van der Waals surface area contributed by atoms with Gasteiger partial charge in [0, 0.05) is 35.9 Å². The van der Waals surface area contributed by atoms with Crippen molar-refractivity contribution in [3.63, 3.8) is 0 Å². The van der Waals surface area contributed by atoms with Gasteiger partial charge in [0.1, 0.15) is 0 Å². The maximum atomic E-state index is 12.5. The zero-order chi connectivity index (χ0) is 20.4. The molecule has 148 valence electrons. The summed E-state index contributed by atoms with van der Waals surface area (Å²) >= 11 is 7.60. The summed E-state index contributed by atoms with van der Waals surface area (Å²) in [6.07, 6.45) is 4.53. The van der Waals surface area contributed by atoms with Crippen molar-refractivity contribution in [3.05, 3.63) is 53.3 Å². The lowest BCUT2D eigenvalue weighted by Gasteiger charge is -2.15. The lowest BCUT2D eigenvalue weighted by atomic mass is 10.2. The minimum atomic E-state index is -0.208. The van der Waals surface area contributed by atoms with Gasteiger partial charge in [0.15, 0.2) is 11.0 Å². The molecule has 0 aliphatic carbocycles. The lowest BCUT2D eigenvalue weighted by Crippen LogP contribution is -2.33. The molecule has 2 amide bonds. The van der Waals surface area contributed by atoms with E-state index in [0.29, 0.717) is 29.0 Å². The summed E-state index contributed by atoms with van der Waals surface area (Å²) in [5.74, 6) is 0.422. The summed E-state index contributed by atoms with van der Waals surface area (Å²) < 4.78 is 1.89. The highest BCUT2D eigenvalue weighted by Gasteiger charge is 2.27. The zero-order valence-corrected chi connectivity index (χ0v) is 17.3. The number of aromatic nitrogens is 4. The number of pyridine rings is 1. The van der Waals surface area contributed by atoms with E-state index in [4.69, 9.17) is 11.6 Å². The van der Waals surface area contributed by atoms with E-state index in [1.54, 1.807) is 12.4 Å². The van der Waals surface area contributed by atoms with Crippen LogP contribution >= 0.6 is 23.4 Å². The number of imide groups is 1. The van der Waals surface area contributed by atoms with Crippen LogP contribution in [0, 0.1) is 6.92 Å². The standard InChI is InChI=1S/C20H18ClN5O2S/c1-13-15(21)4-2-5-16(13)26-19(14-7-9-22-10-8-14)23-24-20(26)29-12-18(28)25-11-3-6-17(25)27/h2,4-5,7-10H,3,6,11-12H2,1H3. The molecule has 0 N–H and O–H groups in total. The minimum Gasteiger partial charge on any atom is -0.282 e. The molecule has 3 aromatic rings. The first-order valence-electron chi connectivity index (χ1n) is 9.13. The maximum absolute atomic E-state index is 12.5. The molecule has 7 nitrogen and oxygen atoms in total. The van der Waals surface area contributed by atoms with E-state index in [1.807, 2.05) is 41.8 Å². The Morgan fingerprint density at radius 3 is 2.72 bits per heavy atom. The van der Waals surface area contributed by atoms with E-state index >= 15 is 0 Å². The Bertz CT molecular complexity index is 1070. The fourth-order valence-corrected chi connectivity index (χ4v) is 4.21. The molecule has 1 fully saturated rings. The van der Waals surface area contributed by atoms with Crippen LogP contribution in [0.5, 0.6) is 0 Å². The van der Waals surface area contributed by atoms with Gasteiger partial charge in [0.25, 0.3) is 0 Å². The molecular formula is C20H18ClN5O2S. The second kappa shape index (κ2) is 8.34. The van der Waals surface area contributed by atoms with Crippen molar-refractivity contribution in [3.8, 4) is 17.1 Å². The van der Waals surface area contributed by atoms with Crippen LogP contribution in [-0.4, -0.2) is 48.8 Å². The molecule has 2 aromatic heterocycles. The van der Waals surface area contributed by atoms with Crippen LogP contribution in [0.15, 0.2) is 47.9 Å². The lowest BCUT2D eigenvalue weighted by molar-refractivity contribution is -0.140. The predicted octanol–water partition coefficient (Wildman–Crippen LogP) is 3.53. The highest BCUT2D eigenvalue weighted by Crippen LogP contribution is 2.31. The van der Waals surface area contributed by atoms with Gasteiger partial charge in [-0.15, -0.1) is 10.2 Å². The van der Waals surface area contributed by atoms with Crippen LogP contribution < -0.4 is 0 Å². The third-order valence-electron chi connectivity index (χ3n) is 4.75. The number of benzene rings is 1. The largest absolute Gasteiger partial charge is 0.282 e. The van der Waals surface area contributed by atoms with Crippen LogP contribution in [0.4, 0.5) is 0 Å². The van der Waals surface area contributed by atoms with E-state index in [9.17, 15) is 9.59 Å². The number of halogens is 1. The normalized spacial score (nSPS) is 13.9. The number of nitrogens with zero attached hydrogens (tertiary/aromatic N) is 5. The molecular weight excluding hydrogens is 410 g/mol. The fraction of sp³-hybridized carbons (Fsp3) is 0.250. The van der Waals surface area contributed by atoms with E-state index in [1.165, 1.54) is 16.7 Å². The number of amides is 2. The second-order valence-electron chi connectivity index (χ2n) is 6.59. The van der Waals surface area contributed by atoms with Crippen molar-refractivity contribution in [1.82, 2.24) is 24.6 Å². The van der Waals surface area contributed by atoms with Crippen molar-refractivity contribution in [2.45, 2.75) is 24.9 Å². The summed E-state index contributed by atoms with van der Waals surface area (Å²) in [6, 6.07) is 9.33. The monoisotopic (exact) mass is 427 g/mol. The van der Waals surface area contributed by atoms with Crippen LogP contribution in [0.3, 0.4) is 0 Å². The van der Waals surface area contributed by atoms with Gasteiger partial charge in [0.2, 0.25) is 11.8 Å². The van der Waals surface area contributed by atoms with Gasteiger partial charge in [-0.25, -0.2) is 0 Å². The molecule has 0 radical (unpaired) electrons. The number of carbonyl (C=O) groups excluding carboxylic acids is 2. The summed E-state index contributed by atoms with van der Waals surface area (Å²) in [5.41, 5.74) is 2.56. The van der Waals surface area contributed by atoms with Gasteiger partial charge < -0.3 is 0 Å². The van der Waals surface area contributed by atoms with Crippen molar-refractivity contribution in [2.24, 2.45) is 0 Å². The van der Waals surface area contributed by atoms with Crippen LogP contribution in [0.25, 0.3) is 17.1 Å². The Balaban J connectivity index is 1.71. The van der Waals surface area contributed by atoms with E-state index in [-0.39, 0.29) is 17.6 Å². The van der Waals surface area contributed by atoms with Crippen molar-refractivity contribution in [2.75, 3.05) is 12.3 Å². The van der Waals surface area contributed by atoms with E-state index in [2.05, 4.69) is 15.2 Å². The molecule has 0 spiro atoms. The van der Waals surface area contributed by atoms with Crippen LogP contribution in [-0.2, 0) is 9.59 Å². The van der Waals surface area contributed by atoms with Crippen molar-refractivity contribution in [1.29, 1.82) is 0 Å². The zero-order valence-electron chi connectivity index (χ0n) is 15.7. The Hall–Kier alpha value is -2.71. The maximum Gasteiger partial charge on any atom is 0.239 e. The third-order valence-corrected chi connectivity index (χ3v) is 6.07. The molecule has 9 heteroatoms. The number of likely N-dealkylation sites (tertiary alicyclic amines) is 1. The molecule has 0 unspecified atom stereocenters. The summed E-state index contributed by atoms with van der Waals surface area (Å²) in [7, 11) is 0. The number of thioether (sulfide) groups is 1. The van der Waals surface area contributed by atoms with Crippen molar-refractivity contribution < 1.29 is 9.59 Å². The first-order valence-corrected chi connectivity index (χ1v) is 10.5. The molecule has 1 aromatic carbocycles. The third kappa shape index (κ3) is 3.90. The number of carbonyl (C=O) groups is 2. The Kier molecular flexibility index (Phi) is 5.64.